The van der Waals surface area contributed by atoms with Crippen molar-refractivity contribution < 1.29 is 0 Å². The second kappa shape index (κ2) is 5.90. The van der Waals surface area contributed by atoms with Gasteiger partial charge in [-0.15, -0.1) is 0 Å². The molecule has 0 fully saturated rings. The molecule has 3 nitrogen and oxygen atoms in total. The normalized spacial score (nSPS) is 14.4. The molecule has 0 saturated carbocycles. The highest BCUT2D eigenvalue weighted by atomic mass is 79.9. The van der Waals surface area contributed by atoms with Gasteiger partial charge < -0.3 is 10.6 Å². The molecule has 0 aliphatic carbocycles. The third-order valence-electron chi connectivity index (χ3n) is 3.94. The molecule has 3 N–H and O–H groups in total. The lowest BCUT2D eigenvalue weighted by atomic mass is 10.0. The summed E-state index contributed by atoms with van der Waals surface area (Å²) in [5.41, 5.74) is 10.4. The van der Waals surface area contributed by atoms with E-state index in [2.05, 4.69) is 51.2 Å². The number of hydrogen-bond donors (Lipinski definition) is 2. The second-order valence-corrected chi connectivity index (χ2v) is 6.28. The fourth-order valence-corrected chi connectivity index (χ4v) is 3.25. The summed E-state index contributed by atoms with van der Waals surface area (Å²) in [5.74, 6) is 0.120. The van der Waals surface area contributed by atoms with Crippen LogP contribution in [-0.4, -0.2) is 12.4 Å². The lowest BCUT2D eigenvalue weighted by Gasteiger charge is -2.26. The molecule has 0 saturated heterocycles. The Morgan fingerprint density at radius 3 is 2.67 bits per heavy atom. The highest BCUT2D eigenvalue weighted by molar-refractivity contribution is 9.10. The van der Waals surface area contributed by atoms with E-state index in [0.29, 0.717) is 0 Å². The summed E-state index contributed by atoms with van der Waals surface area (Å²) in [7, 11) is 0. The largest absolute Gasteiger partial charge is 0.384 e. The first-order valence-corrected chi connectivity index (χ1v) is 7.90. The Morgan fingerprint density at radius 2 is 1.90 bits per heavy atom. The summed E-state index contributed by atoms with van der Waals surface area (Å²) in [4.78, 5) is 2.33. The summed E-state index contributed by atoms with van der Waals surface area (Å²) in [6.07, 6.45) is 2.22. The van der Waals surface area contributed by atoms with Gasteiger partial charge in [0.25, 0.3) is 0 Å². The molecular weight excluding hydrogens is 326 g/mol. The molecule has 108 valence electrons. The van der Waals surface area contributed by atoms with Gasteiger partial charge in [0, 0.05) is 28.8 Å². The van der Waals surface area contributed by atoms with Crippen molar-refractivity contribution in [2.45, 2.75) is 19.4 Å². The van der Waals surface area contributed by atoms with Crippen LogP contribution in [0.2, 0.25) is 0 Å². The van der Waals surface area contributed by atoms with Gasteiger partial charge in [-0.05, 0) is 42.2 Å². The van der Waals surface area contributed by atoms with Crippen LogP contribution < -0.4 is 10.6 Å². The Morgan fingerprint density at radius 1 is 1.14 bits per heavy atom. The van der Waals surface area contributed by atoms with Gasteiger partial charge in [-0.2, -0.15) is 0 Å². The molecule has 2 aromatic rings. The zero-order valence-corrected chi connectivity index (χ0v) is 13.4. The van der Waals surface area contributed by atoms with Gasteiger partial charge in [0.1, 0.15) is 5.84 Å². The number of fused-ring (bicyclic) bond motifs is 1. The maximum Gasteiger partial charge on any atom is 0.124 e. The predicted molar refractivity (Wildman–Crippen MR) is 91.0 cm³/mol. The van der Waals surface area contributed by atoms with Crippen molar-refractivity contribution in [1.82, 2.24) is 0 Å². The number of rotatable bonds is 2. The highest BCUT2D eigenvalue weighted by Gasteiger charge is 2.18. The van der Waals surface area contributed by atoms with E-state index >= 15 is 0 Å². The maximum absolute atomic E-state index is 7.80. The summed E-state index contributed by atoms with van der Waals surface area (Å²) in [6.45, 7) is 1.85. The van der Waals surface area contributed by atoms with Crippen molar-refractivity contribution in [3.63, 3.8) is 0 Å². The third kappa shape index (κ3) is 2.95. The maximum atomic E-state index is 7.80. The molecule has 0 spiro atoms. The number of amidine groups is 1. The number of aryl methyl sites for hydroxylation is 1. The smallest absolute Gasteiger partial charge is 0.124 e. The Balaban J connectivity index is 2.01. The second-order valence-electron chi connectivity index (χ2n) is 5.37. The van der Waals surface area contributed by atoms with Crippen LogP contribution in [-0.2, 0) is 13.0 Å². The first-order chi connectivity index (χ1) is 10.1. The van der Waals surface area contributed by atoms with Crippen molar-refractivity contribution in [2.24, 2.45) is 5.73 Å². The molecule has 4 heteroatoms. The Labute approximate surface area is 133 Å². The number of benzene rings is 2. The van der Waals surface area contributed by atoms with Crippen molar-refractivity contribution in [3.05, 3.63) is 63.6 Å². The average Bonchev–Trinajstić information content (AvgIpc) is 2.68. The minimum absolute atomic E-state index is 0.120. The fraction of sp³-hybridized carbons (Fsp3) is 0.235. The number of nitrogen functional groups attached to an aromatic ring is 1. The Hall–Kier alpha value is -1.81. The van der Waals surface area contributed by atoms with Gasteiger partial charge in [0.2, 0.25) is 0 Å². The molecule has 0 radical (unpaired) electrons. The molecule has 2 aromatic carbocycles. The van der Waals surface area contributed by atoms with E-state index in [1.807, 2.05) is 12.1 Å². The minimum Gasteiger partial charge on any atom is -0.384 e. The van der Waals surface area contributed by atoms with Crippen LogP contribution >= 0.6 is 15.9 Å². The molecule has 0 unspecified atom stereocenters. The van der Waals surface area contributed by atoms with Crippen LogP contribution in [0, 0.1) is 5.41 Å². The van der Waals surface area contributed by atoms with Crippen molar-refractivity contribution in [2.75, 3.05) is 11.4 Å². The lowest BCUT2D eigenvalue weighted by Crippen LogP contribution is -2.26. The molecule has 1 aliphatic heterocycles. The third-order valence-corrected chi connectivity index (χ3v) is 4.44. The first kappa shape index (κ1) is 14.1. The van der Waals surface area contributed by atoms with Crippen LogP contribution in [0.25, 0.3) is 0 Å². The van der Waals surface area contributed by atoms with E-state index < -0.39 is 0 Å². The monoisotopic (exact) mass is 343 g/mol. The molecule has 0 bridgehead atoms. The highest BCUT2D eigenvalue weighted by Crippen LogP contribution is 2.29. The van der Waals surface area contributed by atoms with Crippen molar-refractivity contribution in [1.29, 1.82) is 5.41 Å². The molecule has 3 rings (SSSR count). The standard InChI is InChI=1S/C17H18BrN3/c18-14-7-8-15(17(19)20)16(10-14)21-9-3-6-12-4-1-2-5-13(12)11-21/h1-2,4-5,7-8,10H,3,6,9,11H2,(H3,19,20). The number of hydrogen-bond acceptors (Lipinski definition) is 2. The average molecular weight is 344 g/mol. The van der Waals surface area contributed by atoms with E-state index in [1.165, 1.54) is 11.1 Å². The van der Waals surface area contributed by atoms with Crippen LogP contribution in [0.5, 0.6) is 0 Å². The number of anilines is 1. The van der Waals surface area contributed by atoms with Gasteiger partial charge in [0.15, 0.2) is 0 Å². The summed E-state index contributed by atoms with van der Waals surface area (Å²) in [5, 5.41) is 7.80. The number of nitrogens with one attached hydrogen (secondary N) is 1. The number of halogens is 1. The summed E-state index contributed by atoms with van der Waals surface area (Å²) >= 11 is 3.53. The van der Waals surface area contributed by atoms with Gasteiger partial charge >= 0.3 is 0 Å². The zero-order chi connectivity index (χ0) is 14.8. The van der Waals surface area contributed by atoms with Crippen LogP contribution in [0.3, 0.4) is 0 Å². The number of nitrogens with zero attached hydrogens (tertiary/aromatic N) is 1. The van der Waals surface area contributed by atoms with E-state index in [4.69, 9.17) is 11.1 Å². The molecular formula is C17H18BrN3. The van der Waals surface area contributed by atoms with Gasteiger partial charge in [-0.1, -0.05) is 40.2 Å². The van der Waals surface area contributed by atoms with Crippen LogP contribution in [0.4, 0.5) is 5.69 Å². The SMILES string of the molecule is N=C(N)c1ccc(Br)cc1N1CCCc2ccccc2C1. The van der Waals surface area contributed by atoms with Crippen LogP contribution in [0.15, 0.2) is 46.9 Å². The summed E-state index contributed by atoms with van der Waals surface area (Å²) < 4.78 is 1.01. The Kier molecular flexibility index (Phi) is 3.97. The predicted octanol–water partition coefficient (Wildman–Crippen LogP) is 3.69. The van der Waals surface area contributed by atoms with E-state index in [9.17, 15) is 0 Å². The molecule has 1 aliphatic rings. The topological polar surface area (TPSA) is 53.1 Å². The van der Waals surface area contributed by atoms with Crippen molar-refractivity contribution in [3.8, 4) is 0 Å². The zero-order valence-electron chi connectivity index (χ0n) is 11.8. The van der Waals surface area contributed by atoms with Crippen LogP contribution in [0.1, 0.15) is 23.1 Å². The molecule has 0 aromatic heterocycles. The van der Waals surface area contributed by atoms with Gasteiger partial charge in [-0.25, -0.2) is 0 Å². The van der Waals surface area contributed by atoms with Gasteiger partial charge in [0.05, 0.1) is 0 Å². The summed E-state index contributed by atoms with van der Waals surface area (Å²) in [6, 6.07) is 14.5. The van der Waals surface area contributed by atoms with E-state index in [1.54, 1.807) is 0 Å². The molecule has 0 amide bonds. The van der Waals surface area contributed by atoms with E-state index in [0.717, 1.165) is 41.7 Å². The first-order valence-electron chi connectivity index (χ1n) is 7.11. The molecule has 21 heavy (non-hydrogen) atoms. The minimum atomic E-state index is 0.120. The quantitative estimate of drug-likeness (QED) is 0.645. The molecule has 1 heterocycles. The number of nitrogens with two attached hydrogens (primary N) is 1. The lowest BCUT2D eigenvalue weighted by molar-refractivity contribution is 0.765. The Bertz CT molecular complexity index is 681. The fourth-order valence-electron chi connectivity index (χ4n) is 2.90. The molecule has 0 atom stereocenters. The van der Waals surface area contributed by atoms with Gasteiger partial charge in [-0.3, -0.25) is 5.41 Å². The van der Waals surface area contributed by atoms with Crippen molar-refractivity contribution >= 4 is 27.5 Å². The van der Waals surface area contributed by atoms with E-state index in [-0.39, 0.29) is 5.84 Å².